The van der Waals surface area contributed by atoms with Gasteiger partial charge in [0.1, 0.15) is 0 Å². The molecule has 0 fully saturated rings. The SMILES string of the molecule is Cc1cc(C)cc(N2C(=O)C=C(Br)C2=O)c1. The van der Waals surface area contributed by atoms with Crippen LogP contribution in [0.3, 0.4) is 0 Å². The largest absolute Gasteiger partial charge is 0.272 e. The Morgan fingerprint density at radius 3 is 2.06 bits per heavy atom. The first-order chi connectivity index (χ1) is 7.49. The summed E-state index contributed by atoms with van der Waals surface area (Å²) in [6.45, 7) is 3.87. The molecule has 0 saturated heterocycles. The summed E-state index contributed by atoms with van der Waals surface area (Å²) in [7, 11) is 0. The van der Waals surface area contributed by atoms with E-state index in [-0.39, 0.29) is 11.8 Å². The molecule has 0 bridgehead atoms. The Morgan fingerprint density at radius 1 is 1.06 bits per heavy atom. The van der Waals surface area contributed by atoms with Crippen LogP contribution in [-0.2, 0) is 9.59 Å². The fourth-order valence-corrected chi connectivity index (χ4v) is 2.14. The number of anilines is 1. The van der Waals surface area contributed by atoms with Gasteiger partial charge in [0.2, 0.25) is 0 Å². The maximum Gasteiger partial charge on any atom is 0.272 e. The summed E-state index contributed by atoms with van der Waals surface area (Å²) in [6, 6.07) is 5.64. The Hall–Kier alpha value is -1.42. The summed E-state index contributed by atoms with van der Waals surface area (Å²) in [5.41, 5.74) is 2.68. The molecule has 1 aliphatic heterocycles. The van der Waals surface area contributed by atoms with Crippen molar-refractivity contribution in [1.82, 2.24) is 0 Å². The summed E-state index contributed by atoms with van der Waals surface area (Å²) < 4.78 is 0.302. The smallest absolute Gasteiger partial charge is 0.269 e. The van der Waals surface area contributed by atoms with Gasteiger partial charge in [-0.25, -0.2) is 4.90 Å². The van der Waals surface area contributed by atoms with Crippen LogP contribution in [-0.4, -0.2) is 11.8 Å². The third-order valence-electron chi connectivity index (χ3n) is 2.34. The Balaban J connectivity index is 2.46. The van der Waals surface area contributed by atoms with Gasteiger partial charge in [-0.15, -0.1) is 0 Å². The molecule has 0 aromatic heterocycles. The van der Waals surface area contributed by atoms with E-state index in [1.165, 1.54) is 11.0 Å². The van der Waals surface area contributed by atoms with Gasteiger partial charge in [0, 0.05) is 6.08 Å². The standard InChI is InChI=1S/C12H10BrNO2/c1-7-3-8(2)5-9(4-7)14-11(15)6-10(13)12(14)16/h3-6H,1-2H3. The van der Waals surface area contributed by atoms with Gasteiger partial charge in [-0.2, -0.15) is 0 Å². The predicted octanol–water partition coefficient (Wildman–Crippen LogP) is 2.46. The fourth-order valence-electron chi connectivity index (χ4n) is 1.77. The van der Waals surface area contributed by atoms with Crippen molar-refractivity contribution >= 4 is 33.4 Å². The highest BCUT2D eigenvalue weighted by atomic mass is 79.9. The highest BCUT2D eigenvalue weighted by molar-refractivity contribution is 9.12. The molecule has 3 nitrogen and oxygen atoms in total. The van der Waals surface area contributed by atoms with Crippen molar-refractivity contribution in [3.63, 3.8) is 0 Å². The molecular weight excluding hydrogens is 270 g/mol. The van der Waals surface area contributed by atoms with Crippen LogP contribution in [0.1, 0.15) is 11.1 Å². The van der Waals surface area contributed by atoms with E-state index in [1.54, 1.807) is 0 Å². The zero-order valence-electron chi connectivity index (χ0n) is 8.95. The van der Waals surface area contributed by atoms with Crippen molar-refractivity contribution in [2.45, 2.75) is 13.8 Å². The van der Waals surface area contributed by atoms with Gasteiger partial charge < -0.3 is 0 Å². The fraction of sp³-hybridized carbons (Fsp3) is 0.167. The summed E-state index contributed by atoms with van der Waals surface area (Å²) in [4.78, 5) is 24.5. The molecule has 0 unspecified atom stereocenters. The van der Waals surface area contributed by atoms with Crippen LogP contribution in [0.15, 0.2) is 28.8 Å². The second-order valence-electron chi connectivity index (χ2n) is 3.82. The van der Waals surface area contributed by atoms with E-state index < -0.39 is 0 Å². The van der Waals surface area contributed by atoms with Gasteiger partial charge in [-0.05, 0) is 53.0 Å². The molecule has 0 radical (unpaired) electrons. The first kappa shape index (κ1) is 11.1. The first-order valence-corrected chi connectivity index (χ1v) is 5.62. The molecule has 82 valence electrons. The third-order valence-corrected chi connectivity index (χ3v) is 2.91. The third kappa shape index (κ3) is 1.80. The number of carbonyl (C=O) groups is 2. The van der Waals surface area contributed by atoms with E-state index in [0.717, 1.165) is 11.1 Å². The number of rotatable bonds is 1. The van der Waals surface area contributed by atoms with Gasteiger partial charge in [-0.1, -0.05) is 6.07 Å². The highest BCUT2D eigenvalue weighted by Crippen LogP contribution is 2.26. The van der Waals surface area contributed by atoms with E-state index in [0.29, 0.717) is 10.2 Å². The number of hydrogen-bond donors (Lipinski definition) is 0. The molecule has 0 N–H and O–H groups in total. The van der Waals surface area contributed by atoms with Crippen molar-refractivity contribution in [3.05, 3.63) is 39.9 Å². The molecule has 1 aliphatic rings. The summed E-state index contributed by atoms with van der Waals surface area (Å²) in [6.07, 6.45) is 1.29. The number of aryl methyl sites for hydroxylation is 2. The molecule has 16 heavy (non-hydrogen) atoms. The van der Waals surface area contributed by atoms with Crippen molar-refractivity contribution in [2.75, 3.05) is 4.90 Å². The Morgan fingerprint density at radius 2 is 1.62 bits per heavy atom. The minimum absolute atomic E-state index is 0.302. The van der Waals surface area contributed by atoms with Crippen LogP contribution in [0.4, 0.5) is 5.69 Å². The van der Waals surface area contributed by atoms with E-state index in [4.69, 9.17) is 0 Å². The van der Waals surface area contributed by atoms with Crippen LogP contribution >= 0.6 is 15.9 Å². The molecule has 2 amide bonds. The molecule has 0 spiro atoms. The topological polar surface area (TPSA) is 37.4 Å². The second kappa shape index (κ2) is 3.87. The van der Waals surface area contributed by atoms with E-state index >= 15 is 0 Å². The van der Waals surface area contributed by atoms with E-state index in [2.05, 4.69) is 15.9 Å². The van der Waals surface area contributed by atoms with Crippen LogP contribution < -0.4 is 4.90 Å². The number of benzene rings is 1. The van der Waals surface area contributed by atoms with Gasteiger partial charge in [0.15, 0.2) is 0 Å². The second-order valence-corrected chi connectivity index (χ2v) is 4.67. The number of hydrogen-bond acceptors (Lipinski definition) is 2. The molecule has 0 aliphatic carbocycles. The molecule has 1 aromatic rings. The highest BCUT2D eigenvalue weighted by Gasteiger charge is 2.30. The molecule has 2 rings (SSSR count). The molecule has 1 heterocycles. The molecule has 4 heteroatoms. The normalized spacial score (nSPS) is 15.7. The van der Waals surface area contributed by atoms with Gasteiger partial charge >= 0.3 is 0 Å². The number of nitrogens with zero attached hydrogens (tertiary/aromatic N) is 1. The lowest BCUT2D eigenvalue weighted by atomic mass is 10.1. The molecule has 1 aromatic carbocycles. The number of carbonyl (C=O) groups excluding carboxylic acids is 2. The van der Waals surface area contributed by atoms with E-state index in [9.17, 15) is 9.59 Å². The Labute approximate surface area is 102 Å². The number of amides is 2. The molecular formula is C12H10BrNO2. The van der Waals surface area contributed by atoms with Crippen molar-refractivity contribution < 1.29 is 9.59 Å². The van der Waals surface area contributed by atoms with Crippen molar-refractivity contribution in [2.24, 2.45) is 0 Å². The number of halogens is 1. The van der Waals surface area contributed by atoms with Crippen LogP contribution in [0.2, 0.25) is 0 Å². The van der Waals surface area contributed by atoms with Gasteiger partial charge in [0.25, 0.3) is 11.8 Å². The predicted molar refractivity (Wildman–Crippen MR) is 65.4 cm³/mol. The Bertz CT molecular complexity index is 500. The zero-order chi connectivity index (χ0) is 11.9. The molecule has 0 saturated carbocycles. The average molecular weight is 280 g/mol. The zero-order valence-corrected chi connectivity index (χ0v) is 10.5. The lowest BCUT2D eigenvalue weighted by Gasteiger charge is -2.15. The minimum Gasteiger partial charge on any atom is -0.269 e. The van der Waals surface area contributed by atoms with Crippen molar-refractivity contribution in [1.29, 1.82) is 0 Å². The maximum absolute atomic E-state index is 11.7. The summed E-state index contributed by atoms with van der Waals surface area (Å²) in [5, 5.41) is 0. The Kier molecular flexibility index (Phi) is 2.68. The summed E-state index contributed by atoms with van der Waals surface area (Å²) in [5.74, 6) is -0.614. The maximum atomic E-state index is 11.7. The van der Waals surface area contributed by atoms with Crippen LogP contribution in [0.5, 0.6) is 0 Å². The lowest BCUT2D eigenvalue weighted by Crippen LogP contribution is -2.30. The lowest BCUT2D eigenvalue weighted by molar-refractivity contribution is -0.120. The van der Waals surface area contributed by atoms with E-state index in [1.807, 2.05) is 32.0 Å². The first-order valence-electron chi connectivity index (χ1n) is 4.83. The van der Waals surface area contributed by atoms with Crippen LogP contribution in [0.25, 0.3) is 0 Å². The van der Waals surface area contributed by atoms with Crippen LogP contribution in [0, 0.1) is 13.8 Å². The quantitative estimate of drug-likeness (QED) is 0.741. The minimum atomic E-state index is -0.310. The molecule has 0 atom stereocenters. The van der Waals surface area contributed by atoms with Gasteiger partial charge in [0.05, 0.1) is 10.2 Å². The monoisotopic (exact) mass is 279 g/mol. The van der Waals surface area contributed by atoms with Crippen molar-refractivity contribution in [3.8, 4) is 0 Å². The summed E-state index contributed by atoms with van der Waals surface area (Å²) >= 11 is 3.07. The van der Waals surface area contributed by atoms with Gasteiger partial charge in [-0.3, -0.25) is 9.59 Å². The average Bonchev–Trinajstić information content (AvgIpc) is 2.39. The number of imide groups is 1.